The third-order valence-corrected chi connectivity index (χ3v) is 7.01. The number of para-hydroxylation sites is 1. The van der Waals surface area contributed by atoms with Crippen molar-refractivity contribution >= 4 is 44.8 Å². The summed E-state index contributed by atoms with van der Waals surface area (Å²) in [5.41, 5.74) is 2.38. The van der Waals surface area contributed by atoms with Crippen LogP contribution in [-0.4, -0.2) is 39.6 Å². The molecule has 33 heavy (non-hydrogen) atoms. The summed E-state index contributed by atoms with van der Waals surface area (Å²) in [4.78, 5) is 14.5. The molecule has 0 aliphatic rings. The molecule has 174 valence electrons. The lowest BCUT2D eigenvalue weighted by Crippen LogP contribution is -2.29. The number of anilines is 1. The van der Waals surface area contributed by atoms with E-state index in [1.54, 1.807) is 61.5 Å². The van der Waals surface area contributed by atoms with Crippen LogP contribution in [0, 0.1) is 0 Å². The van der Waals surface area contributed by atoms with Crippen molar-refractivity contribution in [2.75, 3.05) is 24.7 Å². The van der Waals surface area contributed by atoms with E-state index in [1.165, 1.54) is 4.31 Å². The molecule has 0 radical (unpaired) electrons. The van der Waals surface area contributed by atoms with Gasteiger partial charge >= 0.3 is 0 Å². The van der Waals surface area contributed by atoms with Gasteiger partial charge in [0.1, 0.15) is 5.75 Å². The van der Waals surface area contributed by atoms with Gasteiger partial charge in [-0.1, -0.05) is 59.6 Å². The number of methoxy groups -OCH3 is 1. The molecular weight excluding hydrogens is 483 g/mol. The Morgan fingerprint density at radius 3 is 2.24 bits per heavy atom. The van der Waals surface area contributed by atoms with Gasteiger partial charge in [0.05, 0.1) is 35.6 Å². The Hall–Kier alpha value is -2.74. The van der Waals surface area contributed by atoms with Crippen LogP contribution in [0.3, 0.4) is 0 Å². The molecule has 9 heteroatoms. The second-order valence-corrected chi connectivity index (χ2v) is 10.2. The van der Waals surface area contributed by atoms with Crippen molar-refractivity contribution in [3.8, 4) is 5.75 Å². The van der Waals surface area contributed by atoms with Crippen molar-refractivity contribution in [2.24, 2.45) is 0 Å². The fourth-order valence-corrected chi connectivity index (χ4v) is 4.71. The van der Waals surface area contributed by atoms with Crippen molar-refractivity contribution in [2.45, 2.75) is 13.1 Å². The molecule has 0 aliphatic heterocycles. The van der Waals surface area contributed by atoms with Gasteiger partial charge in [-0.15, -0.1) is 0 Å². The SMILES string of the molecule is COc1ccccc1CN(C)C(=O)c1ccc(CN(c2cccc(Cl)c2Cl)S(C)(=O)=O)cc1. The molecule has 0 fully saturated rings. The Kier molecular flexibility index (Phi) is 7.89. The highest BCUT2D eigenvalue weighted by molar-refractivity contribution is 7.92. The van der Waals surface area contributed by atoms with Crippen molar-refractivity contribution in [1.82, 2.24) is 4.90 Å². The monoisotopic (exact) mass is 506 g/mol. The van der Waals surface area contributed by atoms with E-state index in [0.717, 1.165) is 11.8 Å². The lowest BCUT2D eigenvalue weighted by molar-refractivity contribution is 0.0784. The first-order valence-corrected chi connectivity index (χ1v) is 12.6. The van der Waals surface area contributed by atoms with Gasteiger partial charge < -0.3 is 9.64 Å². The number of hydrogen-bond acceptors (Lipinski definition) is 4. The molecule has 0 bridgehead atoms. The number of sulfonamides is 1. The summed E-state index contributed by atoms with van der Waals surface area (Å²) >= 11 is 12.3. The molecule has 6 nitrogen and oxygen atoms in total. The molecule has 0 aliphatic carbocycles. The number of benzene rings is 3. The van der Waals surface area contributed by atoms with Gasteiger partial charge in [-0.2, -0.15) is 0 Å². The highest BCUT2D eigenvalue weighted by atomic mass is 35.5. The van der Waals surface area contributed by atoms with Gasteiger partial charge in [0.15, 0.2) is 0 Å². The van der Waals surface area contributed by atoms with Crippen molar-refractivity contribution in [3.05, 3.63) is 93.5 Å². The molecule has 3 aromatic carbocycles. The summed E-state index contributed by atoms with van der Waals surface area (Å²) in [5.74, 6) is 0.554. The van der Waals surface area contributed by atoms with E-state index in [9.17, 15) is 13.2 Å². The van der Waals surface area contributed by atoms with E-state index in [-0.39, 0.29) is 22.5 Å². The molecule has 0 N–H and O–H groups in total. The quantitative estimate of drug-likeness (QED) is 0.418. The predicted molar refractivity (Wildman–Crippen MR) is 133 cm³/mol. The molecule has 0 spiro atoms. The minimum absolute atomic E-state index is 0.0461. The number of halogens is 2. The maximum Gasteiger partial charge on any atom is 0.253 e. The summed E-state index contributed by atoms with van der Waals surface area (Å²) in [6.45, 7) is 0.435. The molecule has 0 saturated heterocycles. The number of carbonyl (C=O) groups is 1. The number of hydrogen-bond donors (Lipinski definition) is 0. The van der Waals surface area contributed by atoms with Gasteiger partial charge in [0.2, 0.25) is 10.0 Å². The summed E-state index contributed by atoms with van der Waals surface area (Å²) in [6, 6.07) is 19.2. The van der Waals surface area contributed by atoms with E-state index < -0.39 is 10.0 Å². The average Bonchev–Trinajstić information content (AvgIpc) is 2.79. The van der Waals surface area contributed by atoms with Crippen LogP contribution < -0.4 is 9.04 Å². The first-order valence-electron chi connectivity index (χ1n) is 10.00. The smallest absolute Gasteiger partial charge is 0.253 e. The van der Waals surface area contributed by atoms with Gasteiger partial charge in [0.25, 0.3) is 5.91 Å². The first kappa shape index (κ1) is 24.9. The fourth-order valence-electron chi connectivity index (χ4n) is 3.37. The van der Waals surface area contributed by atoms with Crippen molar-refractivity contribution in [1.29, 1.82) is 0 Å². The van der Waals surface area contributed by atoms with E-state index in [1.807, 2.05) is 24.3 Å². The molecule has 3 aromatic rings. The zero-order chi connectivity index (χ0) is 24.2. The highest BCUT2D eigenvalue weighted by Gasteiger charge is 2.22. The van der Waals surface area contributed by atoms with E-state index >= 15 is 0 Å². The molecule has 3 rings (SSSR count). The van der Waals surface area contributed by atoms with Crippen LogP contribution >= 0.6 is 23.2 Å². The van der Waals surface area contributed by atoms with Gasteiger partial charge in [-0.05, 0) is 35.9 Å². The summed E-state index contributed by atoms with van der Waals surface area (Å²) in [6.07, 6.45) is 1.11. The number of amides is 1. The summed E-state index contributed by atoms with van der Waals surface area (Å²) in [5, 5.41) is 0.427. The van der Waals surface area contributed by atoms with Crippen LogP contribution in [-0.2, 0) is 23.1 Å². The molecule has 0 unspecified atom stereocenters. The number of carbonyl (C=O) groups excluding carboxylic acids is 1. The van der Waals surface area contributed by atoms with Crippen molar-refractivity contribution in [3.63, 3.8) is 0 Å². The Morgan fingerprint density at radius 1 is 0.939 bits per heavy atom. The van der Waals surface area contributed by atoms with Gasteiger partial charge in [-0.25, -0.2) is 8.42 Å². The van der Waals surface area contributed by atoms with Gasteiger partial charge in [-0.3, -0.25) is 9.10 Å². The number of ether oxygens (including phenoxy) is 1. The third-order valence-electron chi connectivity index (χ3n) is 5.07. The van der Waals surface area contributed by atoms with Crippen LogP contribution in [0.5, 0.6) is 5.75 Å². The Balaban J connectivity index is 1.78. The van der Waals surface area contributed by atoms with E-state index in [2.05, 4.69) is 0 Å². The Morgan fingerprint density at radius 2 is 1.61 bits per heavy atom. The molecule has 1 amide bonds. The topological polar surface area (TPSA) is 66.9 Å². The van der Waals surface area contributed by atoms with Crippen LogP contribution in [0.4, 0.5) is 5.69 Å². The highest BCUT2D eigenvalue weighted by Crippen LogP contribution is 2.34. The second-order valence-electron chi connectivity index (χ2n) is 7.51. The lowest BCUT2D eigenvalue weighted by Gasteiger charge is -2.24. The maximum atomic E-state index is 12.9. The number of nitrogens with zero attached hydrogens (tertiary/aromatic N) is 2. The number of rotatable bonds is 8. The molecule has 0 aromatic heterocycles. The molecular formula is C24H24Cl2N2O4S. The van der Waals surface area contributed by atoms with Crippen LogP contribution in [0.1, 0.15) is 21.5 Å². The maximum absolute atomic E-state index is 12.9. The minimum Gasteiger partial charge on any atom is -0.496 e. The Bertz CT molecular complexity index is 1250. The first-order chi connectivity index (χ1) is 15.6. The zero-order valence-electron chi connectivity index (χ0n) is 18.5. The fraction of sp³-hybridized carbons (Fsp3) is 0.208. The molecule has 0 heterocycles. The summed E-state index contributed by atoms with van der Waals surface area (Å²) in [7, 11) is -0.323. The predicted octanol–water partition coefficient (Wildman–Crippen LogP) is 5.24. The van der Waals surface area contributed by atoms with E-state index in [4.69, 9.17) is 27.9 Å². The molecule has 0 saturated carbocycles. The zero-order valence-corrected chi connectivity index (χ0v) is 20.8. The van der Waals surface area contributed by atoms with Crippen LogP contribution in [0.25, 0.3) is 0 Å². The normalized spacial score (nSPS) is 11.2. The lowest BCUT2D eigenvalue weighted by atomic mass is 10.1. The Labute approximate surface area is 204 Å². The van der Waals surface area contributed by atoms with Crippen LogP contribution in [0.15, 0.2) is 66.7 Å². The third kappa shape index (κ3) is 5.99. The second kappa shape index (κ2) is 10.5. The largest absolute Gasteiger partial charge is 0.496 e. The van der Waals surface area contributed by atoms with Crippen molar-refractivity contribution < 1.29 is 17.9 Å². The van der Waals surface area contributed by atoms with E-state index in [0.29, 0.717) is 29.1 Å². The average molecular weight is 507 g/mol. The standard InChI is InChI=1S/C24H24Cl2N2O4S/c1-27(16-19-7-4-5-10-22(19)32-2)24(29)18-13-11-17(12-14-18)15-28(33(3,30)31)21-9-6-8-20(25)23(21)26/h4-14H,15-16H2,1-3H3. The summed E-state index contributed by atoms with van der Waals surface area (Å²) < 4.78 is 31.4. The van der Waals surface area contributed by atoms with Crippen LogP contribution in [0.2, 0.25) is 10.0 Å². The molecule has 0 atom stereocenters. The van der Waals surface area contributed by atoms with Gasteiger partial charge in [0, 0.05) is 24.7 Å². The minimum atomic E-state index is -3.63.